The van der Waals surface area contributed by atoms with Gasteiger partial charge in [-0.15, -0.1) is 24.8 Å². The average Bonchev–Trinajstić information content (AvgIpc) is 2.29. The van der Waals surface area contributed by atoms with Gasteiger partial charge in [-0.25, -0.2) is 4.79 Å². The highest BCUT2D eigenvalue weighted by Crippen LogP contribution is 2.04. The van der Waals surface area contributed by atoms with Gasteiger partial charge in [0.1, 0.15) is 0 Å². The van der Waals surface area contributed by atoms with Gasteiger partial charge >= 0.3 is 5.97 Å². The maximum atomic E-state index is 10.7. The molecular weight excluding hydrogens is 287 g/mol. The van der Waals surface area contributed by atoms with Crippen LogP contribution in [0.5, 0.6) is 0 Å². The molecule has 1 aromatic rings. The number of halogens is 2. The fraction of sp³-hybridized carbons (Fsp3) is 0.462. The second-order valence-electron chi connectivity index (χ2n) is 4.34. The van der Waals surface area contributed by atoms with Gasteiger partial charge in [-0.2, -0.15) is 0 Å². The third-order valence-corrected chi connectivity index (χ3v) is 2.49. The Morgan fingerprint density at radius 2 is 1.79 bits per heavy atom. The van der Waals surface area contributed by atoms with E-state index < -0.39 is 5.97 Å². The van der Waals surface area contributed by atoms with E-state index in [0.29, 0.717) is 5.56 Å². The van der Waals surface area contributed by atoms with Gasteiger partial charge in [-0.05, 0) is 51.3 Å². The molecule has 0 heterocycles. The molecule has 0 aromatic heterocycles. The number of benzene rings is 1. The van der Waals surface area contributed by atoms with E-state index >= 15 is 0 Å². The molecule has 0 aliphatic heterocycles. The summed E-state index contributed by atoms with van der Waals surface area (Å²) < 4.78 is 0. The highest BCUT2D eigenvalue weighted by molar-refractivity contribution is 5.87. The Morgan fingerprint density at radius 3 is 2.26 bits per heavy atom. The summed E-state index contributed by atoms with van der Waals surface area (Å²) >= 11 is 0. The van der Waals surface area contributed by atoms with Crippen LogP contribution in [-0.2, 0) is 6.54 Å². The number of carboxylic acids is 1. The molecule has 0 unspecified atom stereocenters. The van der Waals surface area contributed by atoms with Gasteiger partial charge < -0.3 is 15.3 Å². The smallest absolute Gasteiger partial charge is 0.335 e. The van der Waals surface area contributed by atoms with Gasteiger partial charge in [0, 0.05) is 6.54 Å². The van der Waals surface area contributed by atoms with Crippen LogP contribution in [0.1, 0.15) is 22.3 Å². The molecule has 0 spiro atoms. The van der Waals surface area contributed by atoms with E-state index in [2.05, 4.69) is 24.3 Å². The predicted octanol–water partition coefficient (Wildman–Crippen LogP) is 2.27. The Hall–Kier alpha value is -0.810. The molecule has 19 heavy (non-hydrogen) atoms. The van der Waals surface area contributed by atoms with Crippen LogP contribution >= 0.6 is 24.8 Å². The zero-order chi connectivity index (χ0) is 12.7. The Labute approximate surface area is 127 Å². The molecule has 0 saturated carbocycles. The summed E-state index contributed by atoms with van der Waals surface area (Å²) in [4.78, 5) is 12.8. The fourth-order valence-electron chi connectivity index (χ4n) is 1.52. The zero-order valence-corrected chi connectivity index (χ0v) is 12.9. The summed E-state index contributed by atoms with van der Waals surface area (Å²) in [5.74, 6) is -0.879. The standard InChI is InChI=1S/C13H20N2O2.2ClH/c1-15(2)9-3-8-14-10-11-4-6-12(7-5-11)13(16)17;;/h4-7,14H,3,8-10H2,1-2H3,(H,16,17);2*1H. The topological polar surface area (TPSA) is 52.6 Å². The number of carboxylic acid groups (broad SMARTS) is 1. The first-order chi connectivity index (χ1) is 8.09. The first kappa shape index (κ1) is 20.5. The quantitative estimate of drug-likeness (QED) is 0.759. The number of nitrogens with one attached hydrogen (secondary N) is 1. The van der Waals surface area contributed by atoms with Crippen LogP contribution in [0, 0.1) is 0 Å². The van der Waals surface area contributed by atoms with Crippen molar-refractivity contribution < 1.29 is 9.90 Å². The lowest BCUT2D eigenvalue weighted by molar-refractivity contribution is 0.0697. The number of nitrogens with zero attached hydrogens (tertiary/aromatic N) is 1. The van der Waals surface area contributed by atoms with Crippen LogP contribution in [0.15, 0.2) is 24.3 Å². The molecule has 2 N–H and O–H groups in total. The Kier molecular flexibility index (Phi) is 11.9. The van der Waals surface area contributed by atoms with Crippen LogP contribution in [0.25, 0.3) is 0 Å². The van der Waals surface area contributed by atoms with Gasteiger partial charge in [0.15, 0.2) is 0 Å². The number of rotatable bonds is 7. The minimum atomic E-state index is -0.879. The average molecular weight is 309 g/mol. The van der Waals surface area contributed by atoms with Gasteiger partial charge in [-0.3, -0.25) is 0 Å². The molecule has 1 aromatic carbocycles. The molecule has 0 aliphatic carbocycles. The molecule has 6 heteroatoms. The van der Waals surface area contributed by atoms with Crippen LogP contribution < -0.4 is 5.32 Å². The molecule has 0 radical (unpaired) electrons. The summed E-state index contributed by atoms with van der Waals surface area (Å²) in [7, 11) is 4.12. The molecule has 0 atom stereocenters. The maximum absolute atomic E-state index is 10.7. The minimum absolute atomic E-state index is 0. The molecule has 110 valence electrons. The second-order valence-corrected chi connectivity index (χ2v) is 4.34. The van der Waals surface area contributed by atoms with Crippen molar-refractivity contribution in [2.45, 2.75) is 13.0 Å². The Bertz CT molecular complexity index is 356. The predicted molar refractivity (Wildman–Crippen MR) is 82.8 cm³/mol. The van der Waals surface area contributed by atoms with Crippen molar-refractivity contribution in [3.05, 3.63) is 35.4 Å². The van der Waals surface area contributed by atoms with Crippen molar-refractivity contribution in [3.63, 3.8) is 0 Å². The Balaban J connectivity index is 0. The monoisotopic (exact) mass is 308 g/mol. The van der Waals surface area contributed by atoms with Gasteiger partial charge in [-0.1, -0.05) is 12.1 Å². The van der Waals surface area contributed by atoms with E-state index in [4.69, 9.17) is 5.11 Å². The summed E-state index contributed by atoms with van der Waals surface area (Å²) in [5, 5.41) is 12.1. The SMILES string of the molecule is CN(C)CCCNCc1ccc(C(=O)O)cc1.Cl.Cl. The minimum Gasteiger partial charge on any atom is -0.478 e. The first-order valence-electron chi connectivity index (χ1n) is 5.77. The summed E-state index contributed by atoms with van der Waals surface area (Å²) in [5.41, 5.74) is 1.45. The molecule has 1 rings (SSSR count). The first-order valence-corrected chi connectivity index (χ1v) is 5.77. The van der Waals surface area contributed by atoms with Crippen LogP contribution in [0.3, 0.4) is 0 Å². The van der Waals surface area contributed by atoms with Crippen LogP contribution in [-0.4, -0.2) is 43.2 Å². The van der Waals surface area contributed by atoms with Crippen LogP contribution in [0.2, 0.25) is 0 Å². The van der Waals surface area contributed by atoms with E-state index in [0.717, 1.165) is 31.6 Å². The van der Waals surface area contributed by atoms with E-state index in [-0.39, 0.29) is 24.8 Å². The molecule has 0 fully saturated rings. The van der Waals surface area contributed by atoms with Gasteiger partial charge in [0.05, 0.1) is 5.56 Å². The molecular formula is C13H22Cl2N2O2. The summed E-state index contributed by atoms with van der Waals surface area (Å²) in [6, 6.07) is 6.98. The van der Waals surface area contributed by atoms with E-state index in [1.165, 1.54) is 0 Å². The van der Waals surface area contributed by atoms with E-state index in [9.17, 15) is 4.79 Å². The lowest BCUT2D eigenvalue weighted by Gasteiger charge is -2.09. The largest absolute Gasteiger partial charge is 0.478 e. The molecule has 0 amide bonds. The highest BCUT2D eigenvalue weighted by Gasteiger charge is 2.01. The van der Waals surface area contributed by atoms with Crippen molar-refractivity contribution in [3.8, 4) is 0 Å². The highest BCUT2D eigenvalue weighted by atomic mass is 35.5. The second kappa shape index (κ2) is 11.1. The fourth-order valence-corrected chi connectivity index (χ4v) is 1.52. The van der Waals surface area contributed by atoms with Gasteiger partial charge in [0.2, 0.25) is 0 Å². The Morgan fingerprint density at radius 1 is 1.21 bits per heavy atom. The number of hydrogen-bond acceptors (Lipinski definition) is 3. The van der Waals surface area contributed by atoms with Crippen molar-refractivity contribution in [2.75, 3.05) is 27.2 Å². The third kappa shape index (κ3) is 8.83. The van der Waals surface area contributed by atoms with E-state index in [1.807, 2.05) is 12.1 Å². The van der Waals surface area contributed by atoms with Crippen molar-refractivity contribution >= 4 is 30.8 Å². The van der Waals surface area contributed by atoms with Crippen molar-refractivity contribution in [1.82, 2.24) is 10.2 Å². The maximum Gasteiger partial charge on any atom is 0.335 e. The lowest BCUT2D eigenvalue weighted by atomic mass is 10.1. The summed E-state index contributed by atoms with van der Waals surface area (Å²) in [6.07, 6.45) is 1.11. The third-order valence-electron chi connectivity index (χ3n) is 2.49. The summed E-state index contributed by atoms with van der Waals surface area (Å²) in [6.45, 7) is 2.83. The molecule has 0 aliphatic rings. The van der Waals surface area contributed by atoms with E-state index in [1.54, 1.807) is 12.1 Å². The molecule has 0 bridgehead atoms. The van der Waals surface area contributed by atoms with Gasteiger partial charge in [0.25, 0.3) is 0 Å². The van der Waals surface area contributed by atoms with Crippen LogP contribution in [0.4, 0.5) is 0 Å². The number of carbonyl (C=O) groups is 1. The zero-order valence-electron chi connectivity index (χ0n) is 11.3. The van der Waals surface area contributed by atoms with Crippen molar-refractivity contribution in [1.29, 1.82) is 0 Å². The molecule has 0 saturated heterocycles. The van der Waals surface area contributed by atoms with Crippen molar-refractivity contribution in [2.24, 2.45) is 0 Å². The number of hydrogen-bond donors (Lipinski definition) is 2. The molecule has 4 nitrogen and oxygen atoms in total. The normalized spacial score (nSPS) is 9.63. The number of aromatic carboxylic acids is 1. The lowest BCUT2D eigenvalue weighted by Crippen LogP contribution is -2.21.